The molecule has 0 atom stereocenters. The largest absolute Gasteiger partial charge is 0.314 e. The third kappa shape index (κ3) is 2.64. The fraction of sp³-hybridized carbons (Fsp3) is 0.600. The molecule has 104 valence electrons. The number of hydrogen-bond donors (Lipinski definition) is 1. The molecule has 2 aliphatic rings. The van der Waals surface area contributed by atoms with Gasteiger partial charge in [-0.3, -0.25) is 4.90 Å². The molecule has 2 nitrogen and oxygen atoms in total. The lowest BCUT2D eigenvalue weighted by atomic mass is 9.92. The summed E-state index contributed by atoms with van der Waals surface area (Å²) in [4.78, 5) is 2.54. The summed E-state index contributed by atoms with van der Waals surface area (Å²) in [5.41, 5.74) is 1.32. The number of nitrogens with one attached hydrogen (secondary N) is 1. The van der Waals surface area contributed by atoms with Crippen molar-refractivity contribution in [3.8, 4) is 0 Å². The maximum Gasteiger partial charge on any atom is 0.142 e. The molecule has 19 heavy (non-hydrogen) atoms. The molecule has 1 aromatic carbocycles. The zero-order chi connectivity index (χ0) is 13.3. The summed E-state index contributed by atoms with van der Waals surface area (Å²) in [6.07, 6.45) is 5.15. The van der Waals surface area contributed by atoms with Crippen LogP contribution in [0, 0.1) is 5.82 Å². The third-order valence-electron chi connectivity index (χ3n) is 4.58. The first-order valence-corrected chi connectivity index (χ1v) is 7.47. The molecule has 1 saturated heterocycles. The molecule has 1 saturated carbocycles. The molecule has 0 unspecified atom stereocenters. The van der Waals surface area contributed by atoms with Gasteiger partial charge in [0.1, 0.15) is 5.82 Å². The lowest BCUT2D eigenvalue weighted by molar-refractivity contribution is 0.0572. The molecule has 1 spiro atoms. The minimum atomic E-state index is -0.310. The van der Waals surface area contributed by atoms with E-state index in [0.29, 0.717) is 5.54 Å². The summed E-state index contributed by atoms with van der Waals surface area (Å²) in [7, 11) is 0. The van der Waals surface area contributed by atoms with Gasteiger partial charge < -0.3 is 5.32 Å². The first-order chi connectivity index (χ1) is 9.20. The summed E-state index contributed by atoms with van der Waals surface area (Å²) in [5.74, 6) is -0.310. The highest BCUT2D eigenvalue weighted by Gasteiger charge is 2.40. The highest BCUT2D eigenvalue weighted by molar-refractivity contribution is 6.30. The topological polar surface area (TPSA) is 15.3 Å². The van der Waals surface area contributed by atoms with Gasteiger partial charge in [0, 0.05) is 31.7 Å². The summed E-state index contributed by atoms with van der Waals surface area (Å²) in [6, 6.07) is 5.18. The summed E-state index contributed by atoms with van der Waals surface area (Å²) >= 11 is 5.75. The first kappa shape index (κ1) is 13.3. The molecule has 1 aliphatic carbocycles. The number of benzene rings is 1. The van der Waals surface area contributed by atoms with E-state index in [4.69, 9.17) is 11.6 Å². The lowest BCUT2D eigenvalue weighted by Gasteiger charge is -2.45. The summed E-state index contributed by atoms with van der Waals surface area (Å²) < 4.78 is 13.5. The molecule has 4 heteroatoms. The van der Waals surface area contributed by atoms with Crippen molar-refractivity contribution in [3.63, 3.8) is 0 Å². The van der Waals surface area contributed by atoms with Gasteiger partial charge in [-0.15, -0.1) is 0 Å². The number of hydrogen-bond acceptors (Lipinski definition) is 2. The zero-order valence-corrected chi connectivity index (χ0v) is 11.8. The molecular formula is C15H20ClFN2. The molecule has 0 radical (unpaired) electrons. The Morgan fingerprint density at radius 1 is 1.32 bits per heavy atom. The quantitative estimate of drug-likeness (QED) is 0.896. The Labute approximate surface area is 118 Å². The fourth-order valence-corrected chi connectivity index (χ4v) is 3.63. The van der Waals surface area contributed by atoms with E-state index >= 15 is 0 Å². The zero-order valence-electron chi connectivity index (χ0n) is 11.1. The van der Waals surface area contributed by atoms with Gasteiger partial charge >= 0.3 is 0 Å². The molecule has 2 fully saturated rings. The van der Waals surface area contributed by atoms with Gasteiger partial charge in [-0.2, -0.15) is 0 Å². The minimum absolute atomic E-state index is 0.208. The van der Waals surface area contributed by atoms with E-state index in [0.717, 1.165) is 31.7 Å². The van der Waals surface area contributed by atoms with Crippen molar-refractivity contribution in [1.29, 1.82) is 0 Å². The molecule has 1 aliphatic heterocycles. The van der Waals surface area contributed by atoms with Crippen LogP contribution in [-0.4, -0.2) is 30.1 Å². The predicted molar refractivity (Wildman–Crippen MR) is 75.9 cm³/mol. The first-order valence-electron chi connectivity index (χ1n) is 7.09. The van der Waals surface area contributed by atoms with Crippen molar-refractivity contribution >= 4 is 11.6 Å². The second-order valence-corrected chi connectivity index (χ2v) is 6.19. The number of halogens is 2. The van der Waals surface area contributed by atoms with Crippen molar-refractivity contribution in [2.45, 2.75) is 37.8 Å². The van der Waals surface area contributed by atoms with Gasteiger partial charge in [0.15, 0.2) is 0 Å². The van der Waals surface area contributed by atoms with Crippen LogP contribution in [0.5, 0.6) is 0 Å². The van der Waals surface area contributed by atoms with E-state index < -0.39 is 0 Å². The second-order valence-electron chi connectivity index (χ2n) is 5.78. The van der Waals surface area contributed by atoms with E-state index in [1.807, 2.05) is 6.07 Å². The van der Waals surface area contributed by atoms with E-state index in [-0.39, 0.29) is 10.8 Å². The maximum absolute atomic E-state index is 13.5. The number of nitrogens with zero attached hydrogens (tertiary/aromatic N) is 1. The van der Waals surface area contributed by atoms with Gasteiger partial charge in [-0.1, -0.05) is 30.5 Å². The normalized spacial score (nSPS) is 23.1. The van der Waals surface area contributed by atoms with Gasteiger partial charge in [0.2, 0.25) is 0 Å². The second kappa shape index (κ2) is 5.39. The average Bonchev–Trinajstić information content (AvgIpc) is 2.86. The molecule has 1 N–H and O–H groups in total. The van der Waals surface area contributed by atoms with Crippen LogP contribution >= 0.6 is 11.6 Å². The highest BCUT2D eigenvalue weighted by atomic mass is 35.5. The van der Waals surface area contributed by atoms with Crippen LogP contribution in [0.3, 0.4) is 0 Å². The predicted octanol–water partition coefficient (Wildman–Crippen LogP) is 3.20. The maximum atomic E-state index is 13.5. The Kier molecular flexibility index (Phi) is 3.79. The fourth-order valence-electron chi connectivity index (χ4n) is 3.52. The molecule has 1 heterocycles. The van der Waals surface area contributed by atoms with Crippen LogP contribution in [0.4, 0.5) is 4.39 Å². The summed E-state index contributed by atoms with van der Waals surface area (Å²) in [6.45, 7) is 3.97. The average molecular weight is 283 g/mol. The third-order valence-corrected chi connectivity index (χ3v) is 4.88. The van der Waals surface area contributed by atoms with Gasteiger partial charge in [0.25, 0.3) is 0 Å². The Balaban J connectivity index is 1.78. The van der Waals surface area contributed by atoms with Crippen LogP contribution in [0.2, 0.25) is 5.02 Å². The van der Waals surface area contributed by atoms with Crippen molar-refractivity contribution in [2.24, 2.45) is 0 Å². The SMILES string of the molecule is Fc1cc(CN2CCNCC23CCCC3)ccc1Cl. The number of piperazine rings is 1. The Hall–Kier alpha value is -0.640. The van der Waals surface area contributed by atoms with E-state index in [1.165, 1.54) is 25.7 Å². The minimum Gasteiger partial charge on any atom is -0.314 e. The Morgan fingerprint density at radius 3 is 2.84 bits per heavy atom. The molecule has 0 bridgehead atoms. The molecule has 0 aromatic heterocycles. The van der Waals surface area contributed by atoms with E-state index in [9.17, 15) is 4.39 Å². The Morgan fingerprint density at radius 2 is 2.11 bits per heavy atom. The van der Waals surface area contributed by atoms with Crippen LogP contribution in [0.25, 0.3) is 0 Å². The van der Waals surface area contributed by atoms with Crippen molar-refractivity contribution in [1.82, 2.24) is 10.2 Å². The monoisotopic (exact) mass is 282 g/mol. The molecular weight excluding hydrogens is 263 g/mol. The standard InChI is InChI=1S/C15H20ClFN2/c16-13-4-3-12(9-14(13)17)10-19-8-7-18-11-15(19)5-1-2-6-15/h3-4,9,18H,1-2,5-8,10-11H2. The molecule has 1 aromatic rings. The lowest BCUT2D eigenvalue weighted by Crippen LogP contribution is -2.59. The van der Waals surface area contributed by atoms with Crippen molar-refractivity contribution in [3.05, 3.63) is 34.6 Å². The van der Waals surface area contributed by atoms with Crippen LogP contribution < -0.4 is 5.32 Å². The van der Waals surface area contributed by atoms with Crippen molar-refractivity contribution in [2.75, 3.05) is 19.6 Å². The number of rotatable bonds is 2. The molecule has 0 amide bonds. The smallest absolute Gasteiger partial charge is 0.142 e. The van der Waals surface area contributed by atoms with E-state index in [2.05, 4.69) is 10.2 Å². The Bertz CT molecular complexity index is 457. The van der Waals surface area contributed by atoms with Crippen molar-refractivity contribution < 1.29 is 4.39 Å². The van der Waals surface area contributed by atoms with Gasteiger partial charge in [-0.05, 0) is 30.5 Å². The highest BCUT2D eigenvalue weighted by Crippen LogP contribution is 2.37. The van der Waals surface area contributed by atoms with Gasteiger partial charge in [0.05, 0.1) is 5.02 Å². The van der Waals surface area contributed by atoms with Crippen LogP contribution in [0.1, 0.15) is 31.2 Å². The summed E-state index contributed by atoms with van der Waals surface area (Å²) in [5, 5.41) is 3.72. The molecule has 3 rings (SSSR count). The van der Waals surface area contributed by atoms with E-state index in [1.54, 1.807) is 12.1 Å². The van der Waals surface area contributed by atoms with Gasteiger partial charge in [-0.25, -0.2) is 4.39 Å². The van der Waals surface area contributed by atoms with Crippen LogP contribution in [-0.2, 0) is 6.54 Å². The van der Waals surface area contributed by atoms with Crippen LogP contribution in [0.15, 0.2) is 18.2 Å².